The average molecular weight is 574 g/mol. The molecule has 9 heteroatoms. The smallest absolute Gasteiger partial charge is 0.333 e. The number of aliphatic hydroxyl groups is 1. The molecule has 0 aliphatic heterocycles. The molecule has 0 unspecified atom stereocenters. The number of aromatic nitrogens is 2. The van der Waals surface area contributed by atoms with Crippen LogP contribution in [0.1, 0.15) is 60.2 Å². The first-order valence-corrected chi connectivity index (χ1v) is 13.9. The van der Waals surface area contributed by atoms with Crippen LogP contribution in [0.2, 0.25) is 5.02 Å². The number of carbonyl (C=O) groups is 1. The lowest BCUT2D eigenvalue weighted by Gasteiger charge is -2.33. The number of carbonyl (C=O) groups excluding carboxylic acids is 1. The molecular formula is C32H29ClFN3O4. The monoisotopic (exact) mass is 573 g/mol. The van der Waals surface area contributed by atoms with Crippen molar-refractivity contribution in [2.75, 3.05) is 0 Å². The van der Waals surface area contributed by atoms with Gasteiger partial charge in [0.05, 0.1) is 22.2 Å². The zero-order chi connectivity index (χ0) is 29.4. The number of para-hydroxylation sites is 1. The summed E-state index contributed by atoms with van der Waals surface area (Å²) in [5, 5.41) is 11.1. The van der Waals surface area contributed by atoms with Crippen molar-refractivity contribution in [3.8, 4) is 16.8 Å². The second-order valence-electron chi connectivity index (χ2n) is 11.5. The van der Waals surface area contributed by atoms with Gasteiger partial charge in [0.25, 0.3) is 5.56 Å². The highest BCUT2D eigenvalue weighted by atomic mass is 35.5. The van der Waals surface area contributed by atoms with Gasteiger partial charge in [0.2, 0.25) is 5.91 Å². The van der Waals surface area contributed by atoms with Crippen molar-refractivity contribution in [2.45, 2.75) is 52.1 Å². The van der Waals surface area contributed by atoms with Crippen molar-refractivity contribution in [1.82, 2.24) is 9.55 Å². The van der Waals surface area contributed by atoms with E-state index in [1.165, 1.54) is 18.2 Å². The number of nitrogens with zero attached hydrogens (tertiary/aromatic N) is 1. The lowest BCUT2D eigenvalue weighted by Crippen LogP contribution is -2.34. The fourth-order valence-electron chi connectivity index (χ4n) is 6.57. The van der Waals surface area contributed by atoms with Gasteiger partial charge in [-0.2, -0.15) is 0 Å². The molecule has 41 heavy (non-hydrogen) atoms. The topological polar surface area (TPSA) is 118 Å². The van der Waals surface area contributed by atoms with Crippen molar-refractivity contribution in [3.05, 3.63) is 102 Å². The fourth-order valence-corrected chi connectivity index (χ4v) is 6.87. The molecule has 2 aliphatic rings. The third-order valence-corrected chi connectivity index (χ3v) is 9.00. The number of halogens is 2. The van der Waals surface area contributed by atoms with E-state index in [-0.39, 0.29) is 16.8 Å². The predicted molar refractivity (Wildman–Crippen MR) is 158 cm³/mol. The lowest BCUT2D eigenvalue weighted by atomic mass is 9.75. The lowest BCUT2D eigenvalue weighted by molar-refractivity contribution is 0.0123. The minimum atomic E-state index is -0.839. The van der Waals surface area contributed by atoms with E-state index in [1.54, 1.807) is 25.1 Å². The molecule has 3 aromatic carbocycles. The van der Waals surface area contributed by atoms with E-state index in [1.807, 2.05) is 19.9 Å². The molecule has 0 fully saturated rings. The number of nitrogens with one attached hydrogen (secondary N) is 1. The molecule has 1 amide bonds. The number of hydrogen-bond acceptors (Lipinski definition) is 4. The van der Waals surface area contributed by atoms with E-state index >= 15 is 0 Å². The standard InChI is InChI=1S/C32H29ClFN3O4/c1-15-18(6-5-9-25(15)37-30(39)20-7-4-8-24(34)28(20)36-31(37)40)27-23(33)14-22(29(35)38)21-13-16-12-17(32(2,3)41)10-11-19(16)26(21)27/h4-9,14,17,41H,10-13H2,1-3H3,(H2,35,38)(H,36,40)/t17-/m0/s1. The highest BCUT2D eigenvalue weighted by Crippen LogP contribution is 2.52. The number of benzene rings is 3. The predicted octanol–water partition coefficient (Wildman–Crippen LogP) is 5.43. The van der Waals surface area contributed by atoms with Crippen LogP contribution in [0.4, 0.5) is 4.39 Å². The Labute approximate surface area is 240 Å². The van der Waals surface area contributed by atoms with E-state index in [0.717, 1.165) is 33.3 Å². The third kappa shape index (κ3) is 4.24. The van der Waals surface area contributed by atoms with Crippen LogP contribution in [-0.4, -0.2) is 26.2 Å². The van der Waals surface area contributed by atoms with Crippen LogP contribution in [-0.2, 0) is 6.42 Å². The van der Waals surface area contributed by atoms with Gasteiger partial charge in [-0.25, -0.2) is 13.8 Å². The van der Waals surface area contributed by atoms with Crippen molar-refractivity contribution in [3.63, 3.8) is 0 Å². The molecule has 1 aromatic heterocycles. The van der Waals surface area contributed by atoms with Crippen LogP contribution < -0.4 is 17.0 Å². The van der Waals surface area contributed by atoms with Crippen LogP contribution in [0.5, 0.6) is 0 Å². The number of fused-ring (bicyclic) bond motifs is 3. The minimum absolute atomic E-state index is 0.0532. The molecule has 0 radical (unpaired) electrons. The SMILES string of the molecule is Cc1c(-c2c(Cl)cc(C(N)=O)c3c2C2=C(C3)C[C@@H](C(C)(C)O)CC2)cccc1-n1c(=O)[nH]c2c(F)cccc2c1=O. The maximum Gasteiger partial charge on any atom is 0.333 e. The minimum Gasteiger partial charge on any atom is -0.390 e. The molecule has 0 saturated heterocycles. The van der Waals surface area contributed by atoms with Crippen molar-refractivity contribution in [1.29, 1.82) is 0 Å². The van der Waals surface area contributed by atoms with Crippen molar-refractivity contribution >= 4 is 34.0 Å². The van der Waals surface area contributed by atoms with Crippen LogP contribution in [0.3, 0.4) is 0 Å². The Balaban J connectivity index is 1.59. The van der Waals surface area contributed by atoms with Gasteiger partial charge in [-0.3, -0.25) is 9.59 Å². The zero-order valence-electron chi connectivity index (χ0n) is 22.9. The molecule has 1 atom stereocenters. The summed E-state index contributed by atoms with van der Waals surface area (Å²) in [4.78, 5) is 41.6. The summed E-state index contributed by atoms with van der Waals surface area (Å²) in [7, 11) is 0. The van der Waals surface area contributed by atoms with E-state index in [2.05, 4.69) is 4.98 Å². The van der Waals surface area contributed by atoms with Crippen LogP contribution in [0.15, 0.2) is 57.6 Å². The van der Waals surface area contributed by atoms with Crippen molar-refractivity contribution in [2.24, 2.45) is 11.7 Å². The number of rotatable bonds is 4. The maximum absolute atomic E-state index is 14.3. The average Bonchev–Trinajstić information content (AvgIpc) is 3.28. The number of aromatic amines is 1. The first kappa shape index (κ1) is 27.2. The maximum atomic E-state index is 14.3. The second kappa shape index (κ2) is 9.53. The van der Waals surface area contributed by atoms with Crippen molar-refractivity contribution < 1.29 is 14.3 Å². The van der Waals surface area contributed by atoms with E-state index < -0.39 is 28.6 Å². The molecule has 0 bridgehead atoms. The number of primary amides is 1. The Bertz CT molecular complexity index is 1950. The van der Waals surface area contributed by atoms with Gasteiger partial charge in [0.15, 0.2) is 0 Å². The van der Waals surface area contributed by atoms with Crippen LogP contribution in [0.25, 0.3) is 33.3 Å². The van der Waals surface area contributed by atoms with Gasteiger partial charge in [-0.1, -0.05) is 35.4 Å². The number of nitrogens with two attached hydrogens (primary N) is 1. The Morgan fingerprint density at radius 3 is 2.61 bits per heavy atom. The van der Waals surface area contributed by atoms with Gasteiger partial charge < -0.3 is 15.8 Å². The largest absolute Gasteiger partial charge is 0.390 e. The second-order valence-corrected chi connectivity index (χ2v) is 11.9. The highest BCUT2D eigenvalue weighted by Gasteiger charge is 2.38. The summed E-state index contributed by atoms with van der Waals surface area (Å²) >= 11 is 6.90. The van der Waals surface area contributed by atoms with Crippen LogP contribution in [0, 0.1) is 18.7 Å². The summed E-state index contributed by atoms with van der Waals surface area (Å²) in [6, 6.07) is 10.9. The number of amides is 1. The Morgan fingerprint density at radius 2 is 1.90 bits per heavy atom. The molecule has 2 aliphatic carbocycles. The normalized spacial score (nSPS) is 16.7. The summed E-state index contributed by atoms with van der Waals surface area (Å²) in [5.41, 5.74) is 10.0. The Morgan fingerprint density at radius 1 is 1.17 bits per heavy atom. The summed E-state index contributed by atoms with van der Waals surface area (Å²) in [6.07, 6.45) is 2.71. The molecule has 210 valence electrons. The quantitative estimate of drug-likeness (QED) is 0.302. The molecule has 4 aromatic rings. The van der Waals surface area contributed by atoms with Gasteiger partial charge in [0.1, 0.15) is 5.82 Å². The molecular weight excluding hydrogens is 545 g/mol. The Kier molecular flexibility index (Phi) is 6.32. The van der Waals surface area contributed by atoms with E-state index in [0.29, 0.717) is 52.2 Å². The van der Waals surface area contributed by atoms with Gasteiger partial charge >= 0.3 is 5.69 Å². The number of H-pyrrole nitrogens is 1. The number of allylic oxidation sites excluding steroid dienone is 2. The zero-order valence-corrected chi connectivity index (χ0v) is 23.7. The van der Waals surface area contributed by atoms with Crippen LogP contribution >= 0.6 is 11.6 Å². The fraction of sp³-hybridized carbons (Fsp3) is 0.281. The first-order valence-electron chi connectivity index (χ1n) is 13.5. The van der Waals surface area contributed by atoms with E-state index in [9.17, 15) is 23.9 Å². The number of hydrogen-bond donors (Lipinski definition) is 3. The first-order chi connectivity index (χ1) is 19.4. The highest BCUT2D eigenvalue weighted by molar-refractivity contribution is 6.34. The molecule has 7 nitrogen and oxygen atoms in total. The molecule has 1 heterocycles. The third-order valence-electron chi connectivity index (χ3n) is 8.70. The van der Waals surface area contributed by atoms with Gasteiger partial charge in [-0.05, 0) is 104 Å². The van der Waals surface area contributed by atoms with E-state index in [4.69, 9.17) is 17.3 Å². The molecule has 0 spiro atoms. The van der Waals surface area contributed by atoms with Gasteiger partial charge in [-0.15, -0.1) is 0 Å². The van der Waals surface area contributed by atoms with Gasteiger partial charge in [0, 0.05) is 16.1 Å². The Hall–Kier alpha value is -4.01. The molecule has 0 saturated carbocycles. The molecule has 4 N–H and O–H groups in total. The molecule has 6 rings (SSSR count). The summed E-state index contributed by atoms with van der Waals surface area (Å²) in [5.74, 6) is -1.18. The summed E-state index contributed by atoms with van der Waals surface area (Å²) < 4.78 is 15.4. The summed E-state index contributed by atoms with van der Waals surface area (Å²) in [6.45, 7) is 5.44.